The van der Waals surface area contributed by atoms with Crippen LogP contribution < -0.4 is 5.32 Å². The van der Waals surface area contributed by atoms with E-state index in [-0.39, 0.29) is 5.78 Å². The van der Waals surface area contributed by atoms with E-state index in [1.807, 2.05) is 31.2 Å². The fraction of sp³-hybridized carbons (Fsp3) is 0.588. The second-order valence-corrected chi connectivity index (χ2v) is 6.09. The van der Waals surface area contributed by atoms with Crippen molar-refractivity contribution in [1.82, 2.24) is 4.90 Å². The molecule has 20 heavy (non-hydrogen) atoms. The number of hydrogen-bond acceptors (Lipinski definition) is 3. The van der Waals surface area contributed by atoms with Crippen molar-refractivity contribution in [2.75, 3.05) is 26.0 Å². The highest BCUT2D eigenvalue weighted by Crippen LogP contribution is 2.15. The molecule has 0 radical (unpaired) electrons. The highest BCUT2D eigenvalue weighted by atomic mass is 16.1. The standard InChI is InChI=1S/C17H28N2O/c1-6-17(20)14-7-9-15(10-8-14)18-16(11-13(2)3)12-19(4)5/h7-10,13,16,18H,6,11-12H2,1-5H3. The van der Waals surface area contributed by atoms with Gasteiger partial charge in [-0.2, -0.15) is 0 Å². The molecule has 1 N–H and O–H groups in total. The van der Waals surface area contributed by atoms with Crippen molar-refractivity contribution < 1.29 is 4.79 Å². The summed E-state index contributed by atoms with van der Waals surface area (Å²) < 4.78 is 0. The minimum atomic E-state index is 0.198. The van der Waals surface area contributed by atoms with Crippen LogP contribution in [0.25, 0.3) is 0 Å². The van der Waals surface area contributed by atoms with Crippen molar-refractivity contribution in [2.45, 2.75) is 39.7 Å². The van der Waals surface area contributed by atoms with Crippen molar-refractivity contribution in [3.8, 4) is 0 Å². The van der Waals surface area contributed by atoms with Gasteiger partial charge in [-0.1, -0.05) is 20.8 Å². The average Bonchev–Trinajstić information content (AvgIpc) is 2.37. The van der Waals surface area contributed by atoms with Gasteiger partial charge in [0.15, 0.2) is 5.78 Å². The van der Waals surface area contributed by atoms with Gasteiger partial charge in [0.25, 0.3) is 0 Å². The number of ketones is 1. The Balaban J connectivity index is 2.70. The highest BCUT2D eigenvalue weighted by Gasteiger charge is 2.12. The fourth-order valence-corrected chi connectivity index (χ4v) is 2.38. The van der Waals surface area contributed by atoms with Crippen LogP contribution in [0.2, 0.25) is 0 Å². The molecule has 1 atom stereocenters. The largest absolute Gasteiger partial charge is 0.381 e. The molecule has 0 saturated heterocycles. The molecule has 0 fully saturated rings. The fourth-order valence-electron chi connectivity index (χ4n) is 2.38. The minimum absolute atomic E-state index is 0.198. The van der Waals surface area contributed by atoms with E-state index in [1.165, 1.54) is 0 Å². The summed E-state index contributed by atoms with van der Waals surface area (Å²) in [7, 11) is 4.19. The Morgan fingerprint density at radius 1 is 1.20 bits per heavy atom. The summed E-state index contributed by atoms with van der Waals surface area (Å²) in [6.45, 7) is 7.39. The van der Waals surface area contributed by atoms with Crippen LogP contribution in [0.5, 0.6) is 0 Å². The van der Waals surface area contributed by atoms with Gasteiger partial charge < -0.3 is 10.2 Å². The van der Waals surface area contributed by atoms with E-state index in [0.29, 0.717) is 18.4 Å². The molecule has 3 heteroatoms. The number of nitrogens with zero attached hydrogens (tertiary/aromatic N) is 1. The van der Waals surface area contributed by atoms with Crippen LogP contribution in [-0.4, -0.2) is 37.4 Å². The molecule has 0 aliphatic rings. The summed E-state index contributed by atoms with van der Waals surface area (Å²) in [4.78, 5) is 13.8. The molecule has 1 unspecified atom stereocenters. The maximum atomic E-state index is 11.6. The van der Waals surface area contributed by atoms with Crippen LogP contribution in [0, 0.1) is 5.92 Å². The highest BCUT2D eigenvalue weighted by molar-refractivity contribution is 5.96. The zero-order chi connectivity index (χ0) is 15.1. The van der Waals surface area contributed by atoms with Crippen LogP contribution in [-0.2, 0) is 0 Å². The number of carbonyl (C=O) groups is 1. The predicted octanol–water partition coefficient (Wildman–Crippen LogP) is 3.67. The Labute approximate surface area is 123 Å². The first kappa shape index (κ1) is 16.7. The monoisotopic (exact) mass is 276 g/mol. The zero-order valence-corrected chi connectivity index (χ0v) is 13.4. The van der Waals surface area contributed by atoms with Crippen molar-refractivity contribution in [3.63, 3.8) is 0 Å². The molecule has 0 heterocycles. The molecule has 0 spiro atoms. The van der Waals surface area contributed by atoms with Crippen molar-refractivity contribution >= 4 is 11.5 Å². The molecule has 0 aliphatic carbocycles. The quantitative estimate of drug-likeness (QED) is 0.735. The van der Waals surface area contributed by atoms with Gasteiger partial charge in [0.1, 0.15) is 0 Å². The summed E-state index contributed by atoms with van der Waals surface area (Å²) >= 11 is 0. The van der Waals surface area contributed by atoms with Crippen LogP contribution in [0.1, 0.15) is 44.0 Å². The van der Waals surface area contributed by atoms with E-state index in [4.69, 9.17) is 0 Å². The molecule has 0 aliphatic heterocycles. The van der Waals surface area contributed by atoms with Gasteiger partial charge in [-0.15, -0.1) is 0 Å². The Morgan fingerprint density at radius 3 is 2.25 bits per heavy atom. The van der Waals surface area contributed by atoms with Gasteiger partial charge in [-0.05, 0) is 50.7 Å². The number of nitrogens with one attached hydrogen (secondary N) is 1. The molecule has 1 aromatic carbocycles. The van der Waals surface area contributed by atoms with E-state index in [0.717, 1.165) is 24.2 Å². The summed E-state index contributed by atoms with van der Waals surface area (Å²) in [6, 6.07) is 8.27. The van der Waals surface area contributed by atoms with E-state index in [1.54, 1.807) is 0 Å². The van der Waals surface area contributed by atoms with Crippen molar-refractivity contribution in [1.29, 1.82) is 0 Å². The molecule has 112 valence electrons. The third-order valence-corrected chi connectivity index (χ3v) is 3.24. The first-order chi connectivity index (χ1) is 9.42. The lowest BCUT2D eigenvalue weighted by atomic mass is 10.0. The molecule has 3 nitrogen and oxygen atoms in total. The summed E-state index contributed by atoms with van der Waals surface area (Å²) in [5.74, 6) is 0.858. The minimum Gasteiger partial charge on any atom is -0.381 e. The van der Waals surface area contributed by atoms with Crippen molar-refractivity contribution in [3.05, 3.63) is 29.8 Å². The third-order valence-electron chi connectivity index (χ3n) is 3.24. The van der Waals surface area contributed by atoms with Crippen LogP contribution in [0.15, 0.2) is 24.3 Å². The van der Waals surface area contributed by atoms with Gasteiger partial charge in [0.2, 0.25) is 0 Å². The number of hydrogen-bond donors (Lipinski definition) is 1. The number of rotatable bonds is 8. The summed E-state index contributed by atoms with van der Waals surface area (Å²) in [5, 5.41) is 3.57. The Kier molecular flexibility index (Phi) is 6.73. The van der Waals surface area contributed by atoms with Crippen LogP contribution >= 0.6 is 0 Å². The molecule has 1 rings (SSSR count). The van der Waals surface area contributed by atoms with Crippen LogP contribution in [0.3, 0.4) is 0 Å². The van der Waals surface area contributed by atoms with Gasteiger partial charge in [0.05, 0.1) is 0 Å². The van der Waals surface area contributed by atoms with Gasteiger partial charge in [-0.3, -0.25) is 4.79 Å². The number of benzene rings is 1. The summed E-state index contributed by atoms with van der Waals surface area (Å²) in [6.07, 6.45) is 1.69. The number of Topliss-reactive ketones (excluding diaryl/α,β-unsaturated/α-hetero) is 1. The molecular weight excluding hydrogens is 248 g/mol. The Morgan fingerprint density at radius 2 is 1.80 bits per heavy atom. The molecular formula is C17H28N2O. The molecule has 0 bridgehead atoms. The SMILES string of the molecule is CCC(=O)c1ccc(NC(CC(C)C)CN(C)C)cc1. The van der Waals surface area contributed by atoms with Crippen LogP contribution in [0.4, 0.5) is 5.69 Å². The lowest BCUT2D eigenvalue weighted by molar-refractivity contribution is 0.0988. The second-order valence-electron chi connectivity index (χ2n) is 6.09. The van der Waals surface area contributed by atoms with E-state index >= 15 is 0 Å². The maximum absolute atomic E-state index is 11.6. The Hall–Kier alpha value is -1.35. The number of carbonyl (C=O) groups excluding carboxylic acids is 1. The first-order valence-electron chi connectivity index (χ1n) is 7.46. The van der Waals surface area contributed by atoms with E-state index < -0.39 is 0 Å². The van der Waals surface area contributed by atoms with Gasteiger partial charge in [-0.25, -0.2) is 0 Å². The lowest BCUT2D eigenvalue weighted by Crippen LogP contribution is -2.33. The third kappa shape index (κ3) is 5.74. The molecule has 0 amide bonds. The lowest BCUT2D eigenvalue weighted by Gasteiger charge is -2.25. The molecule has 0 aromatic heterocycles. The normalized spacial score (nSPS) is 12.8. The predicted molar refractivity (Wildman–Crippen MR) is 86.5 cm³/mol. The first-order valence-corrected chi connectivity index (χ1v) is 7.46. The topological polar surface area (TPSA) is 32.3 Å². The second kappa shape index (κ2) is 8.05. The zero-order valence-electron chi connectivity index (χ0n) is 13.4. The Bertz CT molecular complexity index is 400. The molecule has 0 saturated carbocycles. The number of anilines is 1. The summed E-state index contributed by atoms with van der Waals surface area (Å²) in [5.41, 5.74) is 1.89. The van der Waals surface area contributed by atoms with Gasteiger partial charge in [0, 0.05) is 30.3 Å². The molecule has 1 aromatic rings. The average molecular weight is 276 g/mol. The maximum Gasteiger partial charge on any atom is 0.162 e. The van der Waals surface area contributed by atoms with E-state index in [9.17, 15) is 4.79 Å². The van der Waals surface area contributed by atoms with Gasteiger partial charge >= 0.3 is 0 Å². The number of likely N-dealkylation sites (N-methyl/N-ethyl adjacent to an activating group) is 1. The van der Waals surface area contributed by atoms with Crippen molar-refractivity contribution in [2.24, 2.45) is 5.92 Å². The van der Waals surface area contributed by atoms with E-state index in [2.05, 4.69) is 38.2 Å². The smallest absolute Gasteiger partial charge is 0.162 e.